The van der Waals surface area contributed by atoms with E-state index in [9.17, 15) is 5.11 Å². The largest absolute Gasteiger partial charge is 0.823 e. The van der Waals surface area contributed by atoms with Crippen molar-refractivity contribution in [2.75, 3.05) is 21.3 Å². The van der Waals surface area contributed by atoms with Gasteiger partial charge < -0.3 is 28.8 Å². The molecule has 6 nitrogen and oxygen atoms in total. The third-order valence-electron chi connectivity index (χ3n) is 5.03. The molecule has 0 fully saturated rings. The van der Waals surface area contributed by atoms with Gasteiger partial charge in [-0.3, -0.25) is 0 Å². The van der Waals surface area contributed by atoms with Gasteiger partial charge in [0.25, 0.3) is 0 Å². The average Bonchev–Trinajstić information content (AvgIpc) is 2.90. The Kier molecular flexibility index (Phi) is 7.88. The van der Waals surface area contributed by atoms with E-state index in [-0.39, 0.29) is 5.48 Å². The summed E-state index contributed by atoms with van der Waals surface area (Å²) in [7, 11) is 4.92. The van der Waals surface area contributed by atoms with Gasteiger partial charge in [-0.15, -0.1) is 0 Å². The minimum atomic E-state index is -0.212. The quantitative estimate of drug-likeness (QED) is 0.294. The van der Waals surface area contributed by atoms with E-state index in [1.165, 1.54) is 14.2 Å². The molecule has 0 aliphatic rings. The molecule has 4 rings (SSSR count). The molecule has 0 bridgehead atoms. The number of benzene rings is 4. The summed E-state index contributed by atoms with van der Waals surface area (Å²) < 4.78 is 28.4. The molecule has 0 aliphatic carbocycles. The molecule has 0 N–H and O–H groups in total. The predicted molar refractivity (Wildman–Crippen MR) is 136 cm³/mol. The van der Waals surface area contributed by atoms with E-state index in [1.54, 1.807) is 25.3 Å². The maximum Gasteiger partial charge on any atom is 0.142 e. The van der Waals surface area contributed by atoms with Gasteiger partial charge in [0.2, 0.25) is 0 Å². The van der Waals surface area contributed by atoms with E-state index in [4.69, 9.17) is 23.7 Å². The molecule has 0 atom stereocenters. The molecule has 0 spiro atoms. The molecular formula is C28H24O6P-. The summed E-state index contributed by atoms with van der Waals surface area (Å²) in [6.07, 6.45) is 0. The Bertz CT molecular complexity index is 1280. The smallest absolute Gasteiger partial charge is 0.142 e. The van der Waals surface area contributed by atoms with Crippen LogP contribution in [0.4, 0.5) is 0 Å². The van der Waals surface area contributed by atoms with E-state index < -0.39 is 0 Å². The lowest BCUT2D eigenvalue weighted by molar-refractivity contribution is -0.207. The molecule has 178 valence electrons. The Balaban J connectivity index is 1.77. The fourth-order valence-corrected chi connectivity index (χ4v) is 4.27. The van der Waals surface area contributed by atoms with Crippen LogP contribution in [0.1, 0.15) is 5.56 Å². The molecule has 0 saturated heterocycles. The number of rotatable bonds is 9. The van der Waals surface area contributed by atoms with Crippen LogP contribution >= 0.6 is 8.20 Å². The zero-order valence-corrected chi connectivity index (χ0v) is 20.5. The van der Waals surface area contributed by atoms with E-state index in [0.29, 0.717) is 59.3 Å². The van der Waals surface area contributed by atoms with E-state index in [2.05, 4.69) is 0 Å². The van der Waals surface area contributed by atoms with Crippen molar-refractivity contribution in [3.8, 4) is 40.2 Å². The van der Waals surface area contributed by atoms with E-state index in [0.717, 1.165) is 0 Å². The summed E-state index contributed by atoms with van der Waals surface area (Å²) in [5, 5.41) is 14.1. The third-order valence-corrected chi connectivity index (χ3v) is 6.07. The van der Waals surface area contributed by atoms with Crippen LogP contribution in [0.5, 0.6) is 40.2 Å². The average molecular weight is 487 g/mol. The maximum atomic E-state index is 13.5. The second-order valence-electron chi connectivity index (χ2n) is 7.28. The lowest BCUT2D eigenvalue weighted by Crippen LogP contribution is -2.20. The first-order chi connectivity index (χ1) is 17.1. The first kappa shape index (κ1) is 24.1. The summed E-state index contributed by atoms with van der Waals surface area (Å²) in [4.78, 5) is 0. The van der Waals surface area contributed by atoms with Crippen molar-refractivity contribution in [3.05, 3.63) is 96.6 Å². The van der Waals surface area contributed by atoms with Crippen molar-refractivity contribution in [3.63, 3.8) is 0 Å². The number of para-hydroxylation sites is 2. The zero-order valence-electron chi connectivity index (χ0n) is 19.6. The minimum Gasteiger partial charge on any atom is -0.823 e. The lowest BCUT2D eigenvalue weighted by Gasteiger charge is -2.21. The highest BCUT2D eigenvalue weighted by atomic mass is 31.1. The Labute approximate surface area is 206 Å². The summed E-state index contributed by atoms with van der Waals surface area (Å²) in [6, 6.07) is 27.6. The van der Waals surface area contributed by atoms with Crippen molar-refractivity contribution in [1.82, 2.24) is 0 Å². The molecule has 0 aromatic heterocycles. The van der Waals surface area contributed by atoms with Gasteiger partial charge in [-0.25, -0.2) is 0 Å². The van der Waals surface area contributed by atoms with Gasteiger partial charge in [0, 0.05) is 23.5 Å². The third kappa shape index (κ3) is 5.93. The highest BCUT2D eigenvalue weighted by Crippen LogP contribution is 2.36. The highest BCUT2D eigenvalue weighted by molar-refractivity contribution is 7.49. The van der Waals surface area contributed by atoms with E-state index >= 15 is 0 Å². The van der Waals surface area contributed by atoms with Gasteiger partial charge in [0.1, 0.15) is 40.2 Å². The topological polar surface area (TPSA) is 69.2 Å². The number of ether oxygens (including phenoxy) is 5. The van der Waals surface area contributed by atoms with Crippen molar-refractivity contribution in [1.29, 1.82) is 0 Å². The van der Waals surface area contributed by atoms with Gasteiger partial charge in [-0.2, -0.15) is 0 Å². The SMILES string of the molecule is COc1cc(OC)c(C([O-])=Pc2ccc(Oc3ccccc3)cc2Oc2ccccc2)c(OC)c1. The van der Waals surface area contributed by atoms with Crippen LogP contribution in [0.25, 0.3) is 0 Å². The fourth-order valence-electron chi connectivity index (χ4n) is 3.35. The second kappa shape index (κ2) is 11.4. The van der Waals surface area contributed by atoms with Crippen molar-refractivity contribution < 1.29 is 28.8 Å². The number of hydrogen-bond donors (Lipinski definition) is 0. The van der Waals surface area contributed by atoms with Gasteiger partial charge in [0.15, 0.2) is 0 Å². The fraction of sp³-hybridized carbons (Fsp3) is 0.107. The lowest BCUT2D eigenvalue weighted by atomic mass is 10.1. The van der Waals surface area contributed by atoms with Gasteiger partial charge in [-0.05, 0) is 36.4 Å². The standard InChI is InChI=1S/C28H25O6P/c1-30-22-17-24(31-2)27(25(18-22)32-3)28(29)35-26-15-14-21(33-19-10-6-4-7-11-19)16-23(26)34-20-12-8-5-9-13-20/h4-18,29H,1-3H3/p-1. The normalized spacial score (nSPS) is 11.0. The molecule has 0 heterocycles. The molecule has 0 saturated carbocycles. The molecule has 0 unspecified atom stereocenters. The zero-order chi connectivity index (χ0) is 24.6. The second-order valence-corrected chi connectivity index (χ2v) is 8.40. The minimum absolute atomic E-state index is 0.212. The Morgan fingerprint density at radius 2 is 1.11 bits per heavy atom. The van der Waals surface area contributed by atoms with Crippen LogP contribution in [0.3, 0.4) is 0 Å². The molecule has 4 aromatic carbocycles. The predicted octanol–water partition coefficient (Wildman–Crippen LogP) is 5.41. The number of hydrogen-bond acceptors (Lipinski definition) is 6. The molecular weight excluding hydrogens is 463 g/mol. The van der Waals surface area contributed by atoms with Crippen LogP contribution in [-0.4, -0.2) is 26.8 Å². The Morgan fingerprint density at radius 1 is 0.571 bits per heavy atom. The van der Waals surface area contributed by atoms with Crippen LogP contribution in [0.2, 0.25) is 0 Å². The number of methoxy groups -OCH3 is 3. The Hall–Kier alpha value is -3.99. The first-order valence-corrected chi connectivity index (χ1v) is 11.7. The van der Waals surface area contributed by atoms with Crippen LogP contribution in [0.15, 0.2) is 91.0 Å². The highest BCUT2D eigenvalue weighted by Gasteiger charge is 2.14. The monoisotopic (exact) mass is 487 g/mol. The van der Waals surface area contributed by atoms with Crippen molar-refractivity contribution in [2.24, 2.45) is 0 Å². The summed E-state index contributed by atoms with van der Waals surface area (Å²) in [6.45, 7) is 0. The van der Waals surface area contributed by atoms with Gasteiger partial charge in [0.05, 0.1) is 26.9 Å². The van der Waals surface area contributed by atoms with Crippen molar-refractivity contribution in [2.45, 2.75) is 0 Å². The molecule has 7 heteroatoms. The van der Waals surface area contributed by atoms with Crippen LogP contribution in [-0.2, 0) is 0 Å². The van der Waals surface area contributed by atoms with Crippen LogP contribution in [0, 0.1) is 0 Å². The van der Waals surface area contributed by atoms with Crippen LogP contribution < -0.4 is 34.1 Å². The first-order valence-electron chi connectivity index (χ1n) is 10.8. The van der Waals surface area contributed by atoms with Crippen molar-refractivity contribution >= 4 is 19.0 Å². The summed E-state index contributed by atoms with van der Waals surface area (Å²) in [5.74, 6) is 3.71. The Morgan fingerprint density at radius 3 is 1.66 bits per heavy atom. The van der Waals surface area contributed by atoms with Gasteiger partial charge >= 0.3 is 0 Å². The molecule has 35 heavy (non-hydrogen) atoms. The molecule has 0 aliphatic heterocycles. The molecule has 0 radical (unpaired) electrons. The summed E-state index contributed by atoms with van der Waals surface area (Å²) >= 11 is 0. The summed E-state index contributed by atoms with van der Waals surface area (Å²) in [5.41, 5.74) is 0.115. The molecule has 4 aromatic rings. The molecule has 0 amide bonds. The maximum absolute atomic E-state index is 13.5. The van der Waals surface area contributed by atoms with E-state index in [1.807, 2.05) is 72.8 Å². The van der Waals surface area contributed by atoms with Gasteiger partial charge in [-0.1, -0.05) is 50.1 Å².